The van der Waals surface area contributed by atoms with Crippen molar-refractivity contribution < 1.29 is 10.0 Å². The third kappa shape index (κ3) is 2.88. The minimum Gasteiger partial charge on any atom is -0.396 e. The van der Waals surface area contributed by atoms with Gasteiger partial charge in [0, 0.05) is 13.7 Å². The van der Waals surface area contributed by atoms with E-state index in [0.29, 0.717) is 18.5 Å². The Morgan fingerprint density at radius 1 is 1.73 bits per heavy atom. The summed E-state index contributed by atoms with van der Waals surface area (Å²) in [6, 6.07) is 0. The molecule has 0 amide bonds. The molecule has 0 spiro atoms. The van der Waals surface area contributed by atoms with E-state index in [0.717, 1.165) is 0 Å². The third-order valence-corrected chi connectivity index (χ3v) is 1.97. The van der Waals surface area contributed by atoms with Crippen LogP contribution in [0.25, 0.3) is 6.08 Å². The summed E-state index contributed by atoms with van der Waals surface area (Å²) >= 11 is 0. The zero-order chi connectivity index (χ0) is 11.3. The molecule has 0 aliphatic rings. The standard InChI is InChI=1S/C9H13N3O3/c1-11-8(5-3-2-4-6-13)9(7-10-11)12(14)15/h3,5,7,13H,2,4,6H2,1H3. The minimum absolute atomic E-state index is 0.00208. The lowest BCUT2D eigenvalue weighted by Gasteiger charge is -1.94. The van der Waals surface area contributed by atoms with Gasteiger partial charge in [-0.15, -0.1) is 0 Å². The van der Waals surface area contributed by atoms with Crippen molar-refractivity contribution in [3.8, 4) is 0 Å². The Balaban J connectivity index is 2.78. The highest BCUT2D eigenvalue weighted by Gasteiger charge is 2.15. The normalized spacial score (nSPS) is 11.1. The van der Waals surface area contributed by atoms with Crippen LogP contribution in [0.1, 0.15) is 18.5 Å². The summed E-state index contributed by atoms with van der Waals surface area (Å²) in [5.74, 6) is 0. The number of unbranched alkanes of at least 4 members (excludes halogenated alkanes) is 1. The van der Waals surface area contributed by atoms with Gasteiger partial charge in [0.1, 0.15) is 11.9 Å². The number of nitro groups is 1. The lowest BCUT2D eigenvalue weighted by molar-refractivity contribution is -0.385. The van der Waals surface area contributed by atoms with Gasteiger partial charge in [0.2, 0.25) is 0 Å². The van der Waals surface area contributed by atoms with Crippen LogP contribution in [0.2, 0.25) is 0 Å². The van der Waals surface area contributed by atoms with E-state index in [2.05, 4.69) is 5.10 Å². The summed E-state index contributed by atoms with van der Waals surface area (Å²) in [6.45, 7) is 0.123. The summed E-state index contributed by atoms with van der Waals surface area (Å²) in [5.41, 5.74) is 0.468. The Morgan fingerprint density at radius 2 is 2.47 bits per heavy atom. The van der Waals surface area contributed by atoms with Crippen molar-refractivity contribution in [2.24, 2.45) is 7.05 Å². The van der Waals surface area contributed by atoms with E-state index in [1.165, 1.54) is 10.9 Å². The molecule has 0 aliphatic carbocycles. The van der Waals surface area contributed by atoms with Crippen LogP contribution in [0.15, 0.2) is 12.3 Å². The number of hydrogen-bond donors (Lipinski definition) is 1. The highest BCUT2D eigenvalue weighted by molar-refractivity contribution is 5.56. The monoisotopic (exact) mass is 211 g/mol. The Bertz CT molecular complexity index is 371. The molecule has 1 heterocycles. The molecule has 6 heteroatoms. The fourth-order valence-electron chi connectivity index (χ4n) is 1.17. The fourth-order valence-corrected chi connectivity index (χ4v) is 1.17. The van der Waals surface area contributed by atoms with Crippen molar-refractivity contribution in [2.45, 2.75) is 12.8 Å². The molecule has 0 unspecified atom stereocenters. The van der Waals surface area contributed by atoms with Crippen LogP contribution < -0.4 is 0 Å². The lowest BCUT2D eigenvalue weighted by Crippen LogP contribution is -1.95. The Hall–Kier alpha value is -1.69. The van der Waals surface area contributed by atoms with Crippen LogP contribution in [-0.2, 0) is 7.05 Å². The van der Waals surface area contributed by atoms with E-state index in [4.69, 9.17) is 5.11 Å². The number of aliphatic hydroxyl groups is 1. The van der Waals surface area contributed by atoms with Gasteiger partial charge in [-0.25, -0.2) is 0 Å². The second-order valence-corrected chi connectivity index (χ2v) is 3.06. The molecule has 0 aromatic carbocycles. The quantitative estimate of drug-likeness (QED) is 0.449. The van der Waals surface area contributed by atoms with Crippen molar-refractivity contribution >= 4 is 11.8 Å². The predicted octanol–water partition coefficient (Wildman–Crippen LogP) is 1.11. The SMILES string of the molecule is Cn1ncc([N+](=O)[O-])c1C=CCCCO. The summed E-state index contributed by atoms with van der Waals surface area (Å²) in [5, 5.41) is 23.0. The first-order chi connectivity index (χ1) is 7.16. The summed E-state index contributed by atoms with van der Waals surface area (Å²) in [6.07, 6.45) is 6.02. The zero-order valence-electron chi connectivity index (χ0n) is 8.46. The van der Waals surface area contributed by atoms with Crippen LogP contribution in [-0.4, -0.2) is 26.4 Å². The van der Waals surface area contributed by atoms with Crippen LogP contribution in [0.4, 0.5) is 5.69 Å². The summed E-state index contributed by atoms with van der Waals surface area (Å²) in [7, 11) is 1.65. The number of aryl methyl sites for hydroxylation is 1. The molecule has 6 nitrogen and oxygen atoms in total. The minimum atomic E-state index is -0.460. The Labute approximate surface area is 87.0 Å². The van der Waals surface area contributed by atoms with Crippen LogP contribution in [0, 0.1) is 10.1 Å². The van der Waals surface area contributed by atoms with Gasteiger partial charge in [-0.2, -0.15) is 5.10 Å². The molecule has 0 fully saturated rings. The van der Waals surface area contributed by atoms with Crippen LogP contribution in [0.5, 0.6) is 0 Å². The molecule has 1 N–H and O–H groups in total. The van der Waals surface area contributed by atoms with Crippen LogP contribution in [0.3, 0.4) is 0 Å². The summed E-state index contributed by atoms with van der Waals surface area (Å²) in [4.78, 5) is 10.1. The molecular formula is C9H13N3O3. The van der Waals surface area contributed by atoms with Crippen molar-refractivity contribution in [3.63, 3.8) is 0 Å². The maximum Gasteiger partial charge on any atom is 0.314 e. The van der Waals surface area contributed by atoms with E-state index in [9.17, 15) is 10.1 Å². The van der Waals surface area contributed by atoms with Gasteiger partial charge in [-0.1, -0.05) is 6.08 Å². The number of aromatic nitrogens is 2. The second-order valence-electron chi connectivity index (χ2n) is 3.06. The van der Waals surface area contributed by atoms with E-state index in [1.807, 2.05) is 0 Å². The van der Waals surface area contributed by atoms with Gasteiger partial charge in [-0.05, 0) is 18.9 Å². The van der Waals surface area contributed by atoms with Gasteiger partial charge in [-0.3, -0.25) is 14.8 Å². The molecule has 82 valence electrons. The maximum atomic E-state index is 10.6. The predicted molar refractivity (Wildman–Crippen MR) is 55.2 cm³/mol. The molecule has 0 saturated heterocycles. The first-order valence-corrected chi connectivity index (χ1v) is 4.60. The number of aliphatic hydroxyl groups excluding tert-OH is 1. The lowest BCUT2D eigenvalue weighted by atomic mass is 10.2. The van der Waals surface area contributed by atoms with E-state index >= 15 is 0 Å². The number of allylic oxidation sites excluding steroid dienone is 1. The van der Waals surface area contributed by atoms with Crippen molar-refractivity contribution in [1.29, 1.82) is 0 Å². The molecule has 1 rings (SSSR count). The molecule has 0 radical (unpaired) electrons. The number of hydrogen-bond acceptors (Lipinski definition) is 4. The molecule has 0 bridgehead atoms. The average molecular weight is 211 g/mol. The van der Waals surface area contributed by atoms with E-state index in [1.54, 1.807) is 19.2 Å². The smallest absolute Gasteiger partial charge is 0.314 e. The Kier molecular flexibility index (Phi) is 3.99. The van der Waals surface area contributed by atoms with Crippen molar-refractivity contribution in [1.82, 2.24) is 9.78 Å². The highest BCUT2D eigenvalue weighted by atomic mass is 16.6. The van der Waals surface area contributed by atoms with E-state index < -0.39 is 4.92 Å². The Morgan fingerprint density at radius 3 is 3.07 bits per heavy atom. The molecule has 0 aliphatic heterocycles. The highest BCUT2D eigenvalue weighted by Crippen LogP contribution is 2.18. The first-order valence-electron chi connectivity index (χ1n) is 4.60. The second kappa shape index (κ2) is 5.26. The van der Waals surface area contributed by atoms with Gasteiger partial charge in [0.05, 0.1) is 4.92 Å². The topological polar surface area (TPSA) is 81.2 Å². The van der Waals surface area contributed by atoms with Gasteiger partial charge in [0.15, 0.2) is 0 Å². The average Bonchev–Trinajstić information content (AvgIpc) is 2.55. The molecule has 0 saturated carbocycles. The fraction of sp³-hybridized carbons (Fsp3) is 0.444. The zero-order valence-corrected chi connectivity index (χ0v) is 8.46. The molecule has 1 aromatic rings. The van der Waals surface area contributed by atoms with E-state index in [-0.39, 0.29) is 12.3 Å². The van der Waals surface area contributed by atoms with Gasteiger partial charge < -0.3 is 5.11 Å². The van der Waals surface area contributed by atoms with Gasteiger partial charge in [0.25, 0.3) is 0 Å². The largest absolute Gasteiger partial charge is 0.396 e. The number of rotatable bonds is 5. The molecule has 0 atom stereocenters. The molecule has 1 aromatic heterocycles. The maximum absolute atomic E-state index is 10.6. The molecular weight excluding hydrogens is 198 g/mol. The van der Waals surface area contributed by atoms with Crippen molar-refractivity contribution in [2.75, 3.05) is 6.61 Å². The van der Waals surface area contributed by atoms with Crippen LogP contribution >= 0.6 is 0 Å². The number of nitrogens with zero attached hydrogens (tertiary/aromatic N) is 3. The molecule has 15 heavy (non-hydrogen) atoms. The first kappa shape index (κ1) is 11.4. The van der Waals surface area contributed by atoms with Gasteiger partial charge >= 0.3 is 5.69 Å². The van der Waals surface area contributed by atoms with Crippen molar-refractivity contribution in [3.05, 3.63) is 28.1 Å². The third-order valence-electron chi connectivity index (χ3n) is 1.97. The summed E-state index contributed by atoms with van der Waals surface area (Å²) < 4.78 is 1.45.